The molecule has 4 N–H and O–H groups in total. The molecular weight excluding hydrogens is 564 g/mol. The Morgan fingerprint density at radius 3 is 2.16 bits per heavy atom. The monoisotopic (exact) mass is 585 g/mol. The molecule has 1 aromatic carbocycles. The molecule has 0 radical (unpaired) electrons. The number of alkyl halides is 6. The molecule has 0 unspecified atom stereocenters. The number of aryl methyl sites for hydroxylation is 1. The van der Waals surface area contributed by atoms with Crippen LogP contribution < -0.4 is 5.73 Å². The van der Waals surface area contributed by atoms with Crippen molar-refractivity contribution in [1.29, 1.82) is 0 Å². The van der Waals surface area contributed by atoms with Crippen molar-refractivity contribution < 1.29 is 46.1 Å². The van der Waals surface area contributed by atoms with E-state index in [0.29, 0.717) is 16.1 Å². The second kappa shape index (κ2) is 12.2. The minimum Gasteiger partial charge on any atom is -0.475 e. The SMILES string of the molecule is C[C@]12N=C(N)SC[C@H]1CCCc1ccc(-c3cncc(Cl)c3)cc12.O=C(O)C(F)(F)F.O=C(O)C(F)(F)F. The number of amidine groups is 1. The van der Waals surface area contributed by atoms with Crippen LogP contribution >= 0.6 is 23.4 Å². The number of halogens is 7. The van der Waals surface area contributed by atoms with Gasteiger partial charge >= 0.3 is 24.3 Å². The maximum Gasteiger partial charge on any atom is 0.490 e. The number of aliphatic carboxylic acids is 2. The first kappa shape index (κ1) is 31.2. The average Bonchev–Trinajstić information content (AvgIpc) is 2.94. The molecule has 1 aromatic heterocycles. The average molecular weight is 586 g/mol. The van der Waals surface area contributed by atoms with Crippen LogP contribution in [0.15, 0.2) is 41.7 Å². The van der Waals surface area contributed by atoms with Crippen molar-refractivity contribution in [3.63, 3.8) is 0 Å². The van der Waals surface area contributed by atoms with Crippen molar-refractivity contribution >= 4 is 40.5 Å². The van der Waals surface area contributed by atoms with Crippen molar-refractivity contribution in [1.82, 2.24) is 4.98 Å². The number of carboxylic acid groups (broad SMARTS) is 2. The highest BCUT2D eigenvalue weighted by atomic mass is 35.5. The molecule has 4 rings (SSSR count). The number of rotatable bonds is 1. The van der Waals surface area contributed by atoms with Gasteiger partial charge in [-0.1, -0.05) is 35.5 Å². The summed E-state index contributed by atoms with van der Waals surface area (Å²) >= 11 is 7.81. The highest BCUT2D eigenvalue weighted by Crippen LogP contribution is 2.46. The van der Waals surface area contributed by atoms with E-state index in [2.05, 4.69) is 30.1 Å². The van der Waals surface area contributed by atoms with Crippen molar-refractivity contribution in [3.05, 3.63) is 52.8 Å². The summed E-state index contributed by atoms with van der Waals surface area (Å²) in [7, 11) is 0. The Bertz CT molecular complexity index is 1180. The van der Waals surface area contributed by atoms with Gasteiger partial charge in [0.15, 0.2) is 5.17 Å². The fourth-order valence-corrected chi connectivity index (χ4v) is 5.19. The second-order valence-electron chi connectivity index (χ2n) is 8.37. The van der Waals surface area contributed by atoms with E-state index < -0.39 is 24.3 Å². The third-order valence-electron chi connectivity index (χ3n) is 5.75. The highest BCUT2D eigenvalue weighted by Gasteiger charge is 2.42. The summed E-state index contributed by atoms with van der Waals surface area (Å²) in [6.07, 6.45) is -3.13. The number of pyridine rings is 1. The number of aromatic nitrogens is 1. The molecule has 208 valence electrons. The topological polar surface area (TPSA) is 126 Å². The van der Waals surface area contributed by atoms with Gasteiger partial charge in [-0.25, -0.2) is 9.59 Å². The molecule has 38 heavy (non-hydrogen) atoms. The van der Waals surface area contributed by atoms with E-state index >= 15 is 0 Å². The molecule has 1 aliphatic carbocycles. The number of aliphatic imine (C=N–C) groups is 1. The summed E-state index contributed by atoms with van der Waals surface area (Å²) in [5, 5.41) is 15.6. The summed E-state index contributed by atoms with van der Waals surface area (Å²) in [5.41, 5.74) is 10.7. The summed E-state index contributed by atoms with van der Waals surface area (Å²) in [4.78, 5) is 26.9. The van der Waals surface area contributed by atoms with Crippen LogP contribution in [-0.4, -0.2) is 50.4 Å². The molecule has 15 heteroatoms. The Kier molecular flexibility index (Phi) is 10.1. The number of carboxylic acids is 2. The van der Waals surface area contributed by atoms with Crippen molar-refractivity contribution in [2.75, 3.05) is 5.75 Å². The molecular formula is C23H22ClF6N3O4S. The third kappa shape index (κ3) is 8.25. The summed E-state index contributed by atoms with van der Waals surface area (Å²) in [5.74, 6) is -3.93. The van der Waals surface area contributed by atoms with E-state index in [1.165, 1.54) is 24.0 Å². The zero-order chi connectivity index (χ0) is 28.9. The van der Waals surface area contributed by atoms with Crippen molar-refractivity contribution in [2.45, 2.75) is 44.1 Å². The Labute approximate surface area is 222 Å². The molecule has 2 aromatic rings. The zero-order valence-electron chi connectivity index (χ0n) is 19.6. The Morgan fingerprint density at radius 1 is 1.05 bits per heavy atom. The molecule has 2 atom stereocenters. The predicted octanol–water partition coefficient (Wildman–Crippen LogP) is 5.90. The van der Waals surface area contributed by atoms with Crippen LogP contribution in [0.5, 0.6) is 0 Å². The molecule has 2 aliphatic rings. The van der Waals surface area contributed by atoms with Crippen molar-refractivity contribution in [3.8, 4) is 11.1 Å². The number of benzene rings is 1. The highest BCUT2D eigenvalue weighted by molar-refractivity contribution is 8.13. The number of thioether (sulfide) groups is 1. The van der Waals surface area contributed by atoms with Crippen LogP contribution in [-0.2, 0) is 21.5 Å². The number of fused-ring (bicyclic) bond motifs is 3. The van der Waals surface area contributed by atoms with Gasteiger partial charge in [0.2, 0.25) is 0 Å². The van der Waals surface area contributed by atoms with Crippen LogP contribution in [0.4, 0.5) is 26.3 Å². The Hall–Kier alpha value is -3.00. The molecule has 0 fully saturated rings. The van der Waals surface area contributed by atoms with Crippen LogP contribution in [0.1, 0.15) is 30.9 Å². The fourth-order valence-electron chi connectivity index (χ4n) is 3.90. The minimum atomic E-state index is -5.08. The zero-order valence-corrected chi connectivity index (χ0v) is 21.2. The Balaban J connectivity index is 0.000000301. The number of hydrogen-bond acceptors (Lipinski definition) is 6. The second-order valence-corrected chi connectivity index (χ2v) is 9.84. The molecule has 0 saturated heterocycles. The number of hydrogen-bond donors (Lipinski definition) is 3. The normalized spacial score (nSPS) is 20.6. The van der Waals surface area contributed by atoms with Gasteiger partial charge in [-0.3, -0.25) is 9.98 Å². The van der Waals surface area contributed by atoms with Gasteiger partial charge in [0, 0.05) is 23.7 Å². The Morgan fingerprint density at radius 2 is 1.63 bits per heavy atom. The van der Waals surface area contributed by atoms with Crippen LogP contribution in [0.3, 0.4) is 0 Å². The number of nitrogens with two attached hydrogens (primary N) is 1. The van der Waals surface area contributed by atoms with E-state index in [0.717, 1.165) is 23.3 Å². The first-order chi connectivity index (χ1) is 17.4. The molecule has 1 aliphatic heterocycles. The lowest BCUT2D eigenvalue weighted by molar-refractivity contribution is -0.193. The van der Waals surface area contributed by atoms with Gasteiger partial charge in [-0.05, 0) is 60.9 Å². The predicted molar refractivity (Wildman–Crippen MR) is 130 cm³/mol. The van der Waals surface area contributed by atoms with Crippen molar-refractivity contribution in [2.24, 2.45) is 16.6 Å². The van der Waals surface area contributed by atoms with Gasteiger partial charge in [-0.2, -0.15) is 26.3 Å². The van der Waals surface area contributed by atoms with Gasteiger partial charge in [0.05, 0.1) is 10.6 Å². The standard InChI is InChI=1S/C19H20ClN3S.2C2HF3O2/c1-19-15(11-24-18(21)23-19)4-2-3-12-5-6-13(8-17(12)19)14-7-16(20)10-22-9-14;2*3-2(4,5)1(6)7/h5-10,15H,2-4,11H2,1H3,(H2,21,23);2*(H,6,7)/t15-,19+;;/m1../s1. The van der Waals surface area contributed by atoms with E-state index in [1.54, 1.807) is 18.0 Å². The summed E-state index contributed by atoms with van der Waals surface area (Å²) in [6, 6.07) is 8.64. The molecule has 2 heterocycles. The summed E-state index contributed by atoms with van der Waals surface area (Å²) < 4.78 is 63.5. The van der Waals surface area contributed by atoms with Gasteiger partial charge in [0.1, 0.15) is 0 Å². The molecule has 0 spiro atoms. The van der Waals surface area contributed by atoms with Crippen LogP contribution in [0.2, 0.25) is 5.02 Å². The fraction of sp³-hybridized carbons (Fsp3) is 0.391. The first-order valence-electron chi connectivity index (χ1n) is 10.8. The maximum atomic E-state index is 10.6. The number of carbonyl (C=O) groups is 2. The maximum absolute atomic E-state index is 10.6. The quantitative estimate of drug-likeness (QED) is 0.356. The summed E-state index contributed by atoms with van der Waals surface area (Å²) in [6.45, 7) is 2.24. The molecule has 0 amide bonds. The van der Waals surface area contributed by atoms with E-state index in [9.17, 15) is 26.3 Å². The van der Waals surface area contributed by atoms with E-state index in [4.69, 9.17) is 42.1 Å². The first-order valence-corrected chi connectivity index (χ1v) is 12.1. The molecule has 0 bridgehead atoms. The molecule has 0 saturated carbocycles. The number of nitrogens with zero attached hydrogens (tertiary/aromatic N) is 2. The van der Waals surface area contributed by atoms with Crippen LogP contribution in [0, 0.1) is 5.92 Å². The van der Waals surface area contributed by atoms with Crippen LogP contribution in [0.25, 0.3) is 11.1 Å². The van der Waals surface area contributed by atoms with Gasteiger partial charge in [0.25, 0.3) is 0 Å². The lowest BCUT2D eigenvalue weighted by Gasteiger charge is -2.37. The lowest BCUT2D eigenvalue weighted by Crippen LogP contribution is -2.37. The largest absolute Gasteiger partial charge is 0.490 e. The third-order valence-corrected chi connectivity index (χ3v) is 6.91. The smallest absolute Gasteiger partial charge is 0.475 e. The van der Waals surface area contributed by atoms with E-state index in [1.807, 2.05) is 12.3 Å². The minimum absolute atomic E-state index is 0.233. The van der Waals surface area contributed by atoms with E-state index in [-0.39, 0.29) is 5.54 Å². The molecule has 7 nitrogen and oxygen atoms in total. The van der Waals surface area contributed by atoms with Gasteiger partial charge in [-0.15, -0.1) is 0 Å². The van der Waals surface area contributed by atoms with Gasteiger partial charge < -0.3 is 15.9 Å². The lowest BCUT2D eigenvalue weighted by atomic mass is 9.78.